The van der Waals surface area contributed by atoms with Crippen LogP contribution in [0, 0.1) is 21.3 Å². The number of benzene rings is 1. The van der Waals surface area contributed by atoms with Gasteiger partial charge in [-0.1, -0.05) is 13.8 Å². The number of rotatable bonds is 6. The second-order valence-electron chi connectivity index (χ2n) is 4.94. The molecule has 0 aliphatic rings. The summed E-state index contributed by atoms with van der Waals surface area (Å²) in [5.74, 6) is -0.753. The van der Waals surface area contributed by atoms with Crippen LogP contribution in [0.15, 0.2) is 12.1 Å². The van der Waals surface area contributed by atoms with E-state index in [1.54, 1.807) is 13.8 Å². The number of anilines is 1. The molecule has 7 heteroatoms. The fourth-order valence-corrected chi connectivity index (χ4v) is 1.37. The van der Waals surface area contributed by atoms with Crippen LogP contribution in [0.5, 0.6) is 5.75 Å². The molecule has 1 aromatic carbocycles. The van der Waals surface area contributed by atoms with Gasteiger partial charge in [-0.25, -0.2) is 4.39 Å². The maximum atomic E-state index is 13.7. The maximum absolute atomic E-state index is 13.7. The molecule has 0 atom stereocenters. The van der Waals surface area contributed by atoms with Crippen molar-refractivity contribution in [3.8, 4) is 5.75 Å². The van der Waals surface area contributed by atoms with Gasteiger partial charge >= 0.3 is 5.69 Å². The molecule has 0 unspecified atom stereocenters. The van der Waals surface area contributed by atoms with Crippen LogP contribution in [0.2, 0.25) is 0 Å². The Kier molecular flexibility index (Phi) is 4.66. The number of halogens is 1. The summed E-state index contributed by atoms with van der Waals surface area (Å²) in [6.07, 6.45) is 0. The van der Waals surface area contributed by atoms with Crippen molar-refractivity contribution in [1.29, 1.82) is 0 Å². The Bertz CT molecular complexity index is 477. The van der Waals surface area contributed by atoms with Gasteiger partial charge in [0.25, 0.3) is 0 Å². The molecule has 106 valence electrons. The topological polar surface area (TPSA) is 84.6 Å². The Balaban J connectivity index is 3.00. The van der Waals surface area contributed by atoms with Crippen LogP contribution in [0.3, 0.4) is 0 Å². The zero-order chi connectivity index (χ0) is 14.6. The van der Waals surface area contributed by atoms with E-state index in [0.29, 0.717) is 6.54 Å². The first-order valence-electron chi connectivity index (χ1n) is 5.67. The lowest BCUT2D eigenvalue weighted by Gasteiger charge is -2.22. The normalized spacial score (nSPS) is 11.2. The molecule has 0 heterocycles. The third-order valence-corrected chi connectivity index (χ3v) is 2.65. The van der Waals surface area contributed by atoms with Crippen molar-refractivity contribution < 1.29 is 19.2 Å². The average Bonchev–Trinajstić information content (AvgIpc) is 2.36. The highest BCUT2D eigenvalue weighted by Gasteiger charge is 2.21. The molecule has 6 nitrogen and oxygen atoms in total. The van der Waals surface area contributed by atoms with E-state index in [9.17, 15) is 14.5 Å². The third kappa shape index (κ3) is 3.78. The fourth-order valence-electron chi connectivity index (χ4n) is 1.37. The lowest BCUT2D eigenvalue weighted by atomic mass is 9.95. The minimum Gasteiger partial charge on any atom is -0.490 e. The number of nitro benzene ring substituents is 1. The first-order valence-corrected chi connectivity index (χ1v) is 5.67. The first kappa shape index (κ1) is 15.2. The van der Waals surface area contributed by atoms with Crippen molar-refractivity contribution in [3.05, 3.63) is 28.1 Å². The number of hydrogen-bond donors (Lipinski definition) is 2. The van der Waals surface area contributed by atoms with Crippen LogP contribution in [-0.2, 0) is 0 Å². The van der Waals surface area contributed by atoms with E-state index < -0.39 is 21.8 Å². The highest BCUT2D eigenvalue weighted by Crippen LogP contribution is 2.32. The number of nitrogens with one attached hydrogen (secondary N) is 1. The molecule has 0 saturated carbocycles. The van der Waals surface area contributed by atoms with Gasteiger partial charge < -0.3 is 15.2 Å². The number of aliphatic hydroxyl groups excluding tert-OH is 1. The van der Waals surface area contributed by atoms with E-state index in [4.69, 9.17) is 9.84 Å². The Morgan fingerprint density at radius 1 is 1.53 bits per heavy atom. The fraction of sp³-hybridized carbons (Fsp3) is 0.500. The molecular formula is C12H17FN2O4. The molecule has 0 aromatic heterocycles. The zero-order valence-corrected chi connectivity index (χ0v) is 11.1. The number of nitrogens with zero attached hydrogens (tertiary/aromatic N) is 1. The standard InChI is InChI=1S/C12H17FN2O4/c1-12(2,7-16)6-14-9-5-11(19-3)10(15(17)18)4-8(9)13/h4-5,14,16H,6-7H2,1-3H3. The summed E-state index contributed by atoms with van der Waals surface area (Å²) in [6, 6.07) is 2.05. The summed E-state index contributed by atoms with van der Waals surface area (Å²) in [7, 11) is 1.28. The van der Waals surface area contributed by atoms with E-state index in [1.807, 2.05) is 0 Å². The SMILES string of the molecule is COc1cc(NCC(C)(C)CO)c(F)cc1[N+](=O)[O-]. The Morgan fingerprint density at radius 2 is 2.16 bits per heavy atom. The molecule has 0 bridgehead atoms. The number of ether oxygens (including phenoxy) is 1. The number of aliphatic hydroxyl groups is 1. The maximum Gasteiger partial charge on any atom is 0.313 e. The highest BCUT2D eigenvalue weighted by atomic mass is 19.1. The summed E-state index contributed by atoms with van der Waals surface area (Å²) < 4.78 is 18.6. The molecule has 0 radical (unpaired) electrons. The summed E-state index contributed by atoms with van der Waals surface area (Å²) >= 11 is 0. The predicted molar refractivity (Wildman–Crippen MR) is 69.0 cm³/mol. The van der Waals surface area contributed by atoms with Crippen LogP contribution in [0.1, 0.15) is 13.8 Å². The number of methoxy groups -OCH3 is 1. The van der Waals surface area contributed by atoms with Gasteiger partial charge in [-0.3, -0.25) is 10.1 Å². The van der Waals surface area contributed by atoms with Crippen molar-refractivity contribution >= 4 is 11.4 Å². The quantitative estimate of drug-likeness (QED) is 0.612. The van der Waals surface area contributed by atoms with Crippen molar-refractivity contribution in [3.63, 3.8) is 0 Å². The molecule has 0 aliphatic carbocycles. The van der Waals surface area contributed by atoms with Gasteiger partial charge in [-0.15, -0.1) is 0 Å². The summed E-state index contributed by atoms with van der Waals surface area (Å²) in [5.41, 5.74) is -0.752. The van der Waals surface area contributed by atoms with Crippen LogP contribution < -0.4 is 10.1 Å². The van der Waals surface area contributed by atoms with Crippen LogP contribution in [0.25, 0.3) is 0 Å². The molecular weight excluding hydrogens is 255 g/mol. The second-order valence-corrected chi connectivity index (χ2v) is 4.94. The lowest BCUT2D eigenvalue weighted by molar-refractivity contribution is -0.385. The average molecular weight is 272 g/mol. The molecule has 0 spiro atoms. The summed E-state index contributed by atoms with van der Waals surface area (Å²) in [6.45, 7) is 3.87. The van der Waals surface area contributed by atoms with Gasteiger partial charge in [0.15, 0.2) is 11.6 Å². The van der Waals surface area contributed by atoms with Gasteiger partial charge in [0, 0.05) is 24.6 Å². The van der Waals surface area contributed by atoms with E-state index in [1.165, 1.54) is 13.2 Å². The monoisotopic (exact) mass is 272 g/mol. The molecule has 1 rings (SSSR count). The lowest BCUT2D eigenvalue weighted by Crippen LogP contribution is -2.27. The minimum atomic E-state index is -0.735. The highest BCUT2D eigenvalue weighted by molar-refractivity contribution is 5.59. The molecule has 2 N–H and O–H groups in total. The minimum absolute atomic E-state index is 0.0179. The van der Waals surface area contributed by atoms with Gasteiger partial charge in [0.2, 0.25) is 0 Å². The number of nitro groups is 1. The molecule has 0 saturated heterocycles. The predicted octanol–water partition coefficient (Wildman–Crippen LogP) is 2.17. The molecule has 0 amide bonds. The van der Waals surface area contributed by atoms with Crippen molar-refractivity contribution in [2.24, 2.45) is 5.41 Å². The van der Waals surface area contributed by atoms with Gasteiger partial charge in [0.1, 0.15) is 0 Å². The Morgan fingerprint density at radius 3 is 2.63 bits per heavy atom. The third-order valence-electron chi connectivity index (χ3n) is 2.65. The van der Waals surface area contributed by atoms with E-state index in [0.717, 1.165) is 6.07 Å². The first-order chi connectivity index (χ1) is 8.80. The van der Waals surface area contributed by atoms with Crippen molar-refractivity contribution in [1.82, 2.24) is 0 Å². The largest absolute Gasteiger partial charge is 0.490 e. The molecule has 0 fully saturated rings. The van der Waals surface area contributed by atoms with E-state index in [2.05, 4.69) is 5.32 Å². The van der Waals surface area contributed by atoms with Crippen LogP contribution in [0.4, 0.5) is 15.8 Å². The summed E-state index contributed by atoms with van der Waals surface area (Å²) in [4.78, 5) is 10.0. The van der Waals surface area contributed by atoms with Crippen LogP contribution >= 0.6 is 0 Å². The molecule has 19 heavy (non-hydrogen) atoms. The molecule has 1 aromatic rings. The smallest absolute Gasteiger partial charge is 0.313 e. The van der Waals surface area contributed by atoms with Gasteiger partial charge in [0.05, 0.1) is 23.8 Å². The Labute approximate surface area is 110 Å². The van der Waals surface area contributed by atoms with Gasteiger partial charge in [-0.05, 0) is 0 Å². The molecule has 0 aliphatic heterocycles. The van der Waals surface area contributed by atoms with Crippen molar-refractivity contribution in [2.45, 2.75) is 13.8 Å². The van der Waals surface area contributed by atoms with Gasteiger partial charge in [-0.2, -0.15) is 0 Å². The van der Waals surface area contributed by atoms with E-state index in [-0.39, 0.29) is 18.0 Å². The van der Waals surface area contributed by atoms with Crippen LogP contribution in [-0.4, -0.2) is 30.3 Å². The summed E-state index contributed by atoms with van der Waals surface area (Å²) in [5, 5.41) is 22.6. The number of hydrogen-bond acceptors (Lipinski definition) is 5. The Hall–Kier alpha value is -1.89. The van der Waals surface area contributed by atoms with Crippen molar-refractivity contribution in [2.75, 3.05) is 25.6 Å². The second kappa shape index (κ2) is 5.83. The van der Waals surface area contributed by atoms with E-state index >= 15 is 0 Å². The zero-order valence-electron chi connectivity index (χ0n) is 11.1.